The summed E-state index contributed by atoms with van der Waals surface area (Å²) in [5.41, 5.74) is 12.1. The summed E-state index contributed by atoms with van der Waals surface area (Å²) in [5, 5.41) is 31.6. The van der Waals surface area contributed by atoms with Gasteiger partial charge in [0.25, 0.3) is 15.6 Å². The molecule has 2 saturated heterocycles. The second kappa shape index (κ2) is 11.8. The van der Waals surface area contributed by atoms with Gasteiger partial charge in [0, 0.05) is 0 Å². The van der Waals surface area contributed by atoms with Gasteiger partial charge in [0.15, 0.2) is 35.4 Å². The summed E-state index contributed by atoms with van der Waals surface area (Å²) < 4.78 is 52.7. The second-order valence-corrected chi connectivity index (χ2v) is 12.3. The van der Waals surface area contributed by atoms with Gasteiger partial charge in [-0.15, -0.1) is 0 Å². The number of fused-ring (bicyclic) bond motifs is 2. The predicted octanol–water partition coefficient (Wildman–Crippen LogP) is -3.94. The maximum atomic E-state index is 12.9. The number of rotatable bonds is 10. The molecule has 2 fully saturated rings. The lowest BCUT2D eigenvalue weighted by atomic mass is 10.1. The smallest absolute Gasteiger partial charge is 0.268 e. The molecule has 10 atom stereocenters. The first-order valence-corrected chi connectivity index (χ1v) is 15.7. The lowest BCUT2D eigenvalue weighted by Gasteiger charge is -2.31. The van der Waals surface area contributed by atoms with Crippen molar-refractivity contribution in [3.8, 4) is 0 Å². The lowest BCUT2D eigenvalue weighted by Crippen LogP contribution is -2.38. The van der Waals surface area contributed by atoms with Crippen LogP contribution in [-0.2, 0) is 32.2 Å². The summed E-state index contributed by atoms with van der Waals surface area (Å²) in [6.45, 7) is -1.80. The van der Waals surface area contributed by atoms with E-state index in [2.05, 4.69) is 34.4 Å². The third-order valence-electron chi connectivity index (χ3n) is 7.02. The number of nitrogen functional groups attached to an aromatic ring is 2. The molecular weight excluding hydrogens is 650 g/mol. The minimum absolute atomic E-state index is 0.0112. The minimum atomic E-state index is -5.51. The summed E-state index contributed by atoms with van der Waals surface area (Å²) in [4.78, 5) is 57.5. The number of phosphoric acid groups is 2. The topological polar surface area (TPSA) is 347 Å². The van der Waals surface area contributed by atoms with Crippen LogP contribution >= 0.6 is 15.6 Å². The molecule has 0 amide bonds. The van der Waals surface area contributed by atoms with Crippen LogP contribution in [0.25, 0.3) is 22.3 Å². The first kappa shape index (κ1) is 31.7. The molecule has 244 valence electrons. The number of phosphoric ester groups is 2. The van der Waals surface area contributed by atoms with Crippen molar-refractivity contribution in [1.29, 1.82) is 0 Å². The van der Waals surface area contributed by atoms with Crippen molar-refractivity contribution in [3.05, 3.63) is 25.3 Å². The quantitative estimate of drug-likeness (QED) is 0.0874. The Morgan fingerprint density at radius 2 is 1.31 bits per heavy atom. The molecule has 45 heavy (non-hydrogen) atoms. The van der Waals surface area contributed by atoms with Crippen molar-refractivity contribution in [2.24, 2.45) is 0 Å². The normalized spacial score (nSPS) is 31.4. The fourth-order valence-corrected chi connectivity index (χ4v) is 6.57. The van der Waals surface area contributed by atoms with E-state index in [1.165, 1.54) is 10.9 Å². The van der Waals surface area contributed by atoms with Gasteiger partial charge in [0.1, 0.15) is 60.3 Å². The Balaban J connectivity index is 1.19. The van der Waals surface area contributed by atoms with E-state index in [-0.39, 0.29) is 34.0 Å². The van der Waals surface area contributed by atoms with Crippen LogP contribution in [-0.4, -0.2) is 109 Å². The van der Waals surface area contributed by atoms with Crippen molar-refractivity contribution in [2.75, 3.05) is 24.7 Å². The zero-order valence-corrected chi connectivity index (χ0v) is 24.2. The lowest BCUT2D eigenvalue weighted by molar-refractivity contribution is -0.237. The largest absolute Gasteiger partial charge is 0.756 e. The van der Waals surface area contributed by atoms with Crippen LogP contribution in [0.4, 0.5) is 11.6 Å². The van der Waals surface area contributed by atoms with Gasteiger partial charge in [-0.25, -0.2) is 29.9 Å². The summed E-state index contributed by atoms with van der Waals surface area (Å²) in [7, 11) is -10.9. The molecule has 6 heterocycles. The number of anilines is 2. The number of imidazole rings is 2. The van der Waals surface area contributed by atoms with Gasteiger partial charge in [0.05, 0.1) is 25.9 Å². The molecule has 0 aromatic carbocycles. The zero-order valence-electron chi connectivity index (χ0n) is 22.4. The Hall–Kier alpha value is -3.28. The SMILES string of the molecule is Nc1ncnc2c1ncn2[C@@H]1O[C@H](COP(=O)([O-])O[C@H]2[C@@H](O)[C@H](n3cnc4c(N)ncnc43)O[C@@H]2CO)[C@@H](OP(=O)([O-])O)[C@H]1O. The summed E-state index contributed by atoms with van der Waals surface area (Å²) >= 11 is 0. The molecule has 2 aliphatic rings. The monoisotopic (exact) mass is 674 g/mol. The average Bonchev–Trinajstić information content (AvgIpc) is 3.73. The van der Waals surface area contributed by atoms with E-state index in [4.69, 9.17) is 30.0 Å². The minimum Gasteiger partial charge on any atom is -0.756 e. The third kappa shape index (κ3) is 6.02. The van der Waals surface area contributed by atoms with Gasteiger partial charge in [-0.3, -0.25) is 18.3 Å². The van der Waals surface area contributed by atoms with Crippen molar-refractivity contribution >= 4 is 49.6 Å². The number of aromatic nitrogens is 8. The first-order chi connectivity index (χ1) is 21.3. The van der Waals surface area contributed by atoms with E-state index in [1.807, 2.05) is 0 Å². The zero-order chi connectivity index (χ0) is 32.3. The van der Waals surface area contributed by atoms with Gasteiger partial charge in [-0.1, -0.05) is 0 Å². The van der Waals surface area contributed by atoms with E-state index in [1.54, 1.807) is 0 Å². The molecule has 0 spiro atoms. The summed E-state index contributed by atoms with van der Waals surface area (Å²) in [5.74, 6) is 0.0232. The Morgan fingerprint density at radius 1 is 0.822 bits per heavy atom. The molecule has 0 bridgehead atoms. The van der Waals surface area contributed by atoms with Gasteiger partial charge in [-0.05, 0) is 0 Å². The van der Waals surface area contributed by atoms with Gasteiger partial charge in [-0.2, -0.15) is 0 Å². The maximum absolute atomic E-state index is 12.9. The molecule has 0 radical (unpaired) electrons. The number of aliphatic hydroxyl groups excluding tert-OH is 3. The number of ether oxygens (including phenoxy) is 2. The highest BCUT2D eigenvalue weighted by atomic mass is 31.2. The van der Waals surface area contributed by atoms with Crippen molar-refractivity contribution in [3.63, 3.8) is 0 Å². The molecule has 2 aliphatic heterocycles. The van der Waals surface area contributed by atoms with Crippen molar-refractivity contribution < 1.29 is 62.2 Å². The first-order valence-electron chi connectivity index (χ1n) is 12.8. The van der Waals surface area contributed by atoms with E-state index in [9.17, 15) is 39.1 Å². The third-order valence-corrected chi connectivity index (χ3v) is 8.50. The molecule has 0 saturated carbocycles. The number of aliphatic hydroxyl groups is 3. The highest BCUT2D eigenvalue weighted by molar-refractivity contribution is 7.46. The van der Waals surface area contributed by atoms with Crippen LogP contribution < -0.4 is 21.3 Å². The van der Waals surface area contributed by atoms with Crippen LogP contribution in [0.5, 0.6) is 0 Å². The number of hydrogen-bond donors (Lipinski definition) is 6. The van der Waals surface area contributed by atoms with Crippen LogP contribution in [0, 0.1) is 0 Å². The van der Waals surface area contributed by atoms with E-state index in [0.717, 1.165) is 23.5 Å². The van der Waals surface area contributed by atoms with Crippen molar-refractivity contribution in [2.45, 2.75) is 49.1 Å². The Kier molecular flexibility index (Phi) is 8.33. The van der Waals surface area contributed by atoms with Gasteiger partial charge < -0.3 is 64.5 Å². The van der Waals surface area contributed by atoms with E-state index in [0.29, 0.717) is 0 Å². The number of hydrogen-bond acceptors (Lipinski definition) is 20. The van der Waals surface area contributed by atoms with Gasteiger partial charge in [0.2, 0.25) is 0 Å². The van der Waals surface area contributed by atoms with E-state index < -0.39 is 77.9 Å². The molecule has 8 N–H and O–H groups in total. The van der Waals surface area contributed by atoms with Gasteiger partial charge >= 0.3 is 0 Å². The molecule has 4 aromatic rings. The summed E-state index contributed by atoms with van der Waals surface area (Å²) in [6.07, 6.45) is -8.43. The van der Waals surface area contributed by atoms with Crippen LogP contribution in [0.3, 0.4) is 0 Å². The second-order valence-electron chi connectivity index (χ2n) is 9.81. The number of nitrogens with two attached hydrogens (primary N) is 2. The Labute approximate surface area is 250 Å². The molecular formula is C20H24N10O13P2-2. The van der Waals surface area contributed by atoms with Crippen LogP contribution in [0.15, 0.2) is 25.3 Å². The Bertz CT molecular complexity index is 1800. The standard InChI is InChI=1S/C20H26N10O13P2/c21-15-9-17(25-3-23-15)29(5-27-9)19-11(32)13(7(1-31)40-19)43-45(37,38)39-2-8-14(42-44(34,35)36)12(33)20(41-8)30-6-28-10-16(22)24-4-26-18(10)30/h3-8,11-14,19-20,31-33H,1-2H2,(H,37,38)(H2,21,23,25)(H2,22,24,26)(H2,34,35,36)/p-2/t7-,8-,11-,12-,13-,14-,19-,20-/m1/s1. The average molecular weight is 674 g/mol. The van der Waals surface area contributed by atoms with Crippen LogP contribution in [0.2, 0.25) is 0 Å². The molecule has 23 nitrogen and oxygen atoms in total. The highest BCUT2D eigenvalue weighted by Crippen LogP contribution is 2.47. The molecule has 4 aromatic heterocycles. The molecule has 25 heteroatoms. The highest BCUT2D eigenvalue weighted by Gasteiger charge is 2.50. The predicted molar refractivity (Wildman–Crippen MR) is 140 cm³/mol. The van der Waals surface area contributed by atoms with E-state index >= 15 is 0 Å². The maximum Gasteiger partial charge on any atom is 0.268 e. The molecule has 2 unspecified atom stereocenters. The summed E-state index contributed by atoms with van der Waals surface area (Å²) in [6, 6.07) is 0. The molecule has 6 rings (SSSR count). The Morgan fingerprint density at radius 3 is 1.80 bits per heavy atom. The fraction of sp³-hybridized carbons (Fsp3) is 0.500. The fourth-order valence-electron chi connectivity index (χ4n) is 5.05. The van der Waals surface area contributed by atoms with Crippen molar-refractivity contribution in [1.82, 2.24) is 39.0 Å². The number of nitrogens with zero attached hydrogens (tertiary/aromatic N) is 8. The molecule has 0 aliphatic carbocycles. The van der Waals surface area contributed by atoms with Crippen LogP contribution in [0.1, 0.15) is 12.5 Å².